The molecular weight excluding hydrogens is 216 g/mol. The van der Waals surface area contributed by atoms with E-state index >= 15 is 0 Å². The Morgan fingerprint density at radius 3 is 2.41 bits per heavy atom. The van der Waals surface area contributed by atoms with Gasteiger partial charge in [0.05, 0.1) is 5.56 Å². The number of carbonyl (C=O) groups is 1. The van der Waals surface area contributed by atoms with E-state index in [0.717, 1.165) is 30.6 Å². The van der Waals surface area contributed by atoms with Gasteiger partial charge in [0.15, 0.2) is 0 Å². The van der Waals surface area contributed by atoms with Gasteiger partial charge in [-0.25, -0.2) is 0 Å². The Bertz CT molecular complexity index is 383. The number of hydrogen-bond acceptors (Lipinski definition) is 3. The summed E-state index contributed by atoms with van der Waals surface area (Å²) in [6.07, 6.45) is 3.04. The minimum absolute atomic E-state index is 0.0374. The van der Waals surface area contributed by atoms with Crippen LogP contribution in [0.1, 0.15) is 46.7 Å². The fourth-order valence-corrected chi connectivity index (χ4v) is 1.86. The van der Waals surface area contributed by atoms with Gasteiger partial charge in [0.2, 0.25) is 0 Å². The zero-order valence-corrected chi connectivity index (χ0v) is 10.9. The van der Waals surface area contributed by atoms with Crippen molar-refractivity contribution in [2.24, 2.45) is 5.73 Å². The molecule has 0 saturated heterocycles. The number of unbranched alkanes of at least 4 members (excludes halogenated alkanes) is 2. The van der Waals surface area contributed by atoms with E-state index in [-0.39, 0.29) is 5.91 Å². The van der Waals surface area contributed by atoms with Crippen LogP contribution in [0.15, 0.2) is 4.42 Å². The van der Waals surface area contributed by atoms with E-state index in [9.17, 15) is 4.79 Å². The van der Waals surface area contributed by atoms with E-state index in [1.54, 1.807) is 0 Å². The van der Waals surface area contributed by atoms with Crippen LogP contribution in [0, 0.1) is 20.8 Å². The van der Waals surface area contributed by atoms with Crippen LogP contribution in [-0.2, 0) is 0 Å². The molecule has 0 aliphatic rings. The molecule has 4 nitrogen and oxygen atoms in total. The molecule has 0 spiro atoms. The molecule has 1 rings (SSSR count). The Labute approximate surface area is 103 Å². The van der Waals surface area contributed by atoms with Crippen LogP contribution in [0.3, 0.4) is 0 Å². The van der Waals surface area contributed by atoms with Gasteiger partial charge in [-0.1, -0.05) is 6.42 Å². The van der Waals surface area contributed by atoms with Gasteiger partial charge >= 0.3 is 0 Å². The van der Waals surface area contributed by atoms with E-state index in [1.807, 2.05) is 20.8 Å². The molecule has 1 aromatic heterocycles. The normalized spacial score (nSPS) is 10.6. The number of rotatable bonds is 6. The van der Waals surface area contributed by atoms with Crippen LogP contribution in [0.25, 0.3) is 0 Å². The summed E-state index contributed by atoms with van der Waals surface area (Å²) in [5.74, 6) is 1.47. The van der Waals surface area contributed by atoms with Crippen LogP contribution < -0.4 is 11.1 Å². The van der Waals surface area contributed by atoms with Gasteiger partial charge in [-0.3, -0.25) is 4.79 Å². The number of carbonyl (C=O) groups excluding carboxylic acids is 1. The summed E-state index contributed by atoms with van der Waals surface area (Å²) in [4.78, 5) is 11.9. The topological polar surface area (TPSA) is 68.3 Å². The van der Waals surface area contributed by atoms with E-state index in [4.69, 9.17) is 10.2 Å². The molecule has 0 bridgehead atoms. The summed E-state index contributed by atoms with van der Waals surface area (Å²) in [5.41, 5.74) is 7.02. The average molecular weight is 238 g/mol. The van der Waals surface area contributed by atoms with Gasteiger partial charge in [-0.2, -0.15) is 0 Å². The van der Waals surface area contributed by atoms with E-state index in [0.29, 0.717) is 24.4 Å². The molecule has 0 saturated carbocycles. The summed E-state index contributed by atoms with van der Waals surface area (Å²) >= 11 is 0. The highest BCUT2D eigenvalue weighted by molar-refractivity contribution is 5.96. The van der Waals surface area contributed by atoms with Crippen LogP contribution in [0.4, 0.5) is 0 Å². The number of nitrogens with one attached hydrogen (secondary N) is 1. The lowest BCUT2D eigenvalue weighted by atomic mass is 10.1. The maximum atomic E-state index is 11.9. The summed E-state index contributed by atoms with van der Waals surface area (Å²) < 4.78 is 5.43. The standard InChI is InChI=1S/C13H22N2O2/c1-9-10(2)17-11(3)12(9)13(16)15-8-6-4-5-7-14/h4-8,14H2,1-3H3,(H,15,16). The lowest BCUT2D eigenvalue weighted by Gasteiger charge is -2.04. The highest BCUT2D eigenvalue weighted by Gasteiger charge is 2.17. The van der Waals surface area contributed by atoms with Gasteiger partial charge in [0, 0.05) is 12.1 Å². The molecule has 1 heterocycles. The van der Waals surface area contributed by atoms with Gasteiger partial charge in [0.1, 0.15) is 11.5 Å². The molecule has 96 valence electrons. The first kappa shape index (κ1) is 13.8. The van der Waals surface area contributed by atoms with Crippen molar-refractivity contribution in [3.05, 3.63) is 22.6 Å². The average Bonchev–Trinajstić information content (AvgIpc) is 2.53. The van der Waals surface area contributed by atoms with Crippen LogP contribution in [0.2, 0.25) is 0 Å². The highest BCUT2D eigenvalue weighted by Crippen LogP contribution is 2.20. The van der Waals surface area contributed by atoms with Crippen LogP contribution in [-0.4, -0.2) is 19.0 Å². The molecule has 0 fully saturated rings. The fraction of sp³-hybridized carbons (Fsp3) is 0.615. The third kappa shape index (κ3) is 3.60. The molecule has 3 N–H and O–H groups in total. The molecule has 17 heavy (non-hydrogen) atoms. The van der Waals surface area contributed by atoms with Crippen molar-refractivity contribution in [2.45, 2.75) is 40.0 Å². The lowest BCUT2D eigenvalue weighted by molar-refractivity contribution is 0.0951. The third-order valence-electron chi connectivity index (χ3n) is 2.95. The molecule has 0 unspecified atom stereocenters. The Balaban J connectivity index is 2.47. The number of nitrogens with two attached hydrogens (primary N) is 1. The maximum Gasteiger partial charge on any atom is 0.255 e. The quantitative estimate of drug-likeness (QED) is 0.745. The number of amides is 1. The SMILES string of the molecule is Cc1oc(C)c(C(=O)NCCCCCN)c1C. The van der Waals surface area contributed by atoms with E-state index in [1.165, 1.54) is 0 Å². The Hall–Kier alpha value is -1.29. The largest absolute Gasteiger partial charge is 0.466 e. The Morgan fingerprint density at radius 2 is 1.88 bits per heavy atom. The fourth-order valence-electron chi connectivity index (χ4n) is 1.86. The van der Waals surface area contributed by atoms with Gasteiger partial charge in [0.25, 0.3) is 5.91 Å². The molecular formula is C13H22N2O2. The van der Waals surface area contributed by atoms with Crippen LogP contribution >= 0.6 is 0 Å². The predicted octanol–water partition coefficient (Wildman–Crippen LogP) is 2.06. The van der Waals surface area contributed by atoms with Crippen molar-refractivity contribution in [3.63, 3.8) is 0 Å². The second-order valence-electron chi connectivity index (χ2n) is 4.32. The zero-order valence-electron chi connectivity index (χ0n) is 10.9. The molecule has 0 aliphatic carbocycles. The molecule has 4 heteroatoms. The van der Waals surface area contributed by atoms with Crippen molar-refractivity contribution in [3.8, 4) is 0 Å². The third-order valence-corrected chi connectivity index (χ3v) is 2.95. The second-order valence-corrected chi connectivity index (χ2v) is 4.32. The smallest absolute Gasteiger partial charge is 0.255 e. The van der Waals surface area contributed by atoms with Crippen LogP contribution in [0.5, 0.6) is 0 Å². The van der Waals surface area contributed by atoms with Crippen molar-refractivity contribution in [1.82, 2.24) is 5.32 Å². The maximum absolute atomic E-state index is 11.9. The molecule has 0 aromatic carbocycles. The molecule has 1 amide bonds. The summed E-state index contributed by atoms with van der Waals surface area (Å²) in [7, 11) is 0. The van der Waals surface area contributed by atoms with Crippen molar-refractivity contribution < 1.29 is 9.21 Å². The first-order valence-corrected chi connectivity index (χ1v) is 6.12. The van der Waals surface area contributed by atoms with E-state index < -0.39 is 0 Å². The van der Waals surface area contributed by atoms with Gasteiger partial charge < -0.3 is 15.5 Å². The van der Waals surface area contributed by atoms with Crippen molar-refractivity contribution >= 4 is 5.91 Å². The van der Waals surface area contributed by atoms with Crippen molar-refractivity contribution in [2.75, 3.05) is 13.1 Å². The highest BCUT2D eigenvalue weighted by atomic mass is 16.3. The number of aryl methyl sites for hydroxylation is 2. The van der Waals surface area contributed by atoms with Crippen molar-refractivity contribution in [1.29, 1.82) is 0 Å². The second kappa shape index (κ2) is 6.45. The first-order chi connectivity index (χ1) is 8.07. The monoisotopic (exact) mass is 238 g/mol. The zero-order chi connectivity index (χ0) is 12.8. The number of furan rings is 1. The summed E-state index contributed by atoms with van der Waals surface area (Å²) in [6, 6.07) is 0. The summed E-state index contributed by atoms with van der Waals surface area (Å²) in [5, 5.41) is 2.91. The molecule has 1 aromatic rings. The molecule has 0 atom stereocenters. The molecule has 0 radical (unpaired) electrons. The minimum Gasteiger partial charge on any atom is -0.466 e. The number of hydrogen-bond donors (Lipinski definition) is 2. The minimum atomic E-state index is -0.0374. The van der Waals surface area contributed by atoms with Gasteiger partial charge in [-0.05, 0) is 40.2 Å². The van der Waals surface area contributed by atoms with Gasteiger partial charge in [-0.15, -0.1) is 0 Å². The Morgan fingerprint density at radius 1 is 1.18 bits per heavy atom. The Kier molecular flexibility index (Phi) is 5.22. The molecule has 0 aliphatic heterocycles. The lowest BCUT2D eigenvalue weighted by Crippen LogP contribution is -2.25. The predicted molar refractivity (Wildman–Crippen MR) is 68.2 cm³/mol. The first-order valence-electron chi connectivity index (χ1n) is 6.12. The van der Waals surface area contributed by atoms with E-state index in [2.05, 4.69) is 5.32 Å². The summed E-state index contributed by atoms with van der Waals surface area (Å²) in [6.45, 7) is 7.02.